The number of carbonyl (C=O) groups is 2. The molecule has 1 aliphatic rings. The zero-order valence-corrected chi connectivity index (χ0v) is 11.8. The average Bonchev–Trinajstić information content (AvgIpc) is 2.43. The summed E-state index contributed by atoms with van der Waals surface area (Å²) in [5, 5.41) is 2.87. The van der Waals surface area contributed by atoms with Gasteiger partial charge in [0.15, 0.2) is 5.76 Å². The summed E-state index contributed by atoms with van der Waals surface area (Å²) < 4.78 is 5.34. The summed E-state index contributed by atoms with van der Waals surface area (Å²) in [7, 11) is 0. The van der Waals surface area contributed by atoms with Crippen LogP contribution < -0.4 is 5.32 Å². The van der Waals surface area contributed by atoms with Crippen molar-refractivity contribution < 1.29 is 14.3 Å². The quantitative estimate of drug-likeness (QED) is 0.862. The molecule has 1 N–H and O–H groups in total. The molecule has 0 spiro atoms. The third kappa shape index (κ3) is 2.66. The van der Waals surface area contributed by atoms with E-state index >= 15 is 0 Å². The normalized spacial score (nSPS) is 18.9. The van der Waals surface area contributed by atoms with Crippen LogP contribution in [0.4, 0.5) is 4.79 Å². The predicted molar refractivity (Wildman–Crippen MR) is 74.6 cm³/mol. The first-order valence-electron chi connectivity index (χ1n) is 6.56. The van der Waals surface area contributed by atoms with Crippen molar-refractivity contribution in [1.82, 2.24) is 10.2 Å². The van der Waals surface area contributed by atoms with Gasteiger partial charge in [-0.1, -0.05) is 30.3 Å². The molecule has 0 aromatic heterocycles. The van der Waals surface area contributed by atoms with Crippen molar-refractivity contribution >= 4 is 12.0 Å². The number of hydrogen-bond acceptors (Lipinski definition) is 3. The molecule has 2 amide bonds. The summed E-state index contributed by atoms with van der Waals surface area (Å²) in [6, 6.07) is 8.83. The highest BCUT2D eigenvalue weighted by Crippen LogP contribution is 2.30. The van der Waals surface area contributed by atoms with E-state index in [1.54, 1.807) is 11.8 Å². The highest BCUT2D eigenvalue weighted by molar-refractivity contribution is 5.79. The van der Waals surface area contributed by atoms with Gasteiger partial charge in [-0.05, 0) is 19.4 Å². The number of urea groups is 1. The van der Waals surface area contributed by atoms with Crippen molar-refractivity contribution in [3.63, 3.8) is 0 Å². The number of nitrogens with zero attached hydrogens (tertiary/aromatic N) is 1. The largest absolute Gasteiger partial charge is 0.427 e. The minimum atomic E-state index is -0.435. The molecule has 0 saturated carbocycles. The van der Waals surface area contributed by atoms with E-state index in [1.807, 2.05) is 37.3 Å². The molecule has 106 valence electrons. The Morgan fingerprint density at radius 1 is 1.35 bits per heavy atom. The minimum Gasteiger partial charge on any atom is -0.427 e. The van der Waals surface area contributed by atoms with E-state index in [0.29, 0.717) is 18.0 Å². The summed E-state index contributed by atoms with van der Waals surface area (Å²) in [6.07, 6.45) is 0. The fourth-order valence-electron chi connectivity index (χ4n) is 2.31. The molecule has 1 heterocycles. The Labute approximate surface area is 118 Å². The minimum absolute atomic E-state index is 0.185. The van der Waals surface area contributed by atoms with Gasteiger partial charge in [-0.3, -0.25) is 9.69 Å². The Morgan fingerprint density at radius 2 is 2.00 bits per heavy atom. The Kier molecular flexibility index (Phi) is 4.08. The van der Waals surface area contributed by atoms with Crippen molar-refractivity contribution in [2.24, 2.45) is 0 Å². The molecule has 5 nitrogen and oxygen atoms in total. The van der Waals surface area contributed by atoms with Gasteiger partial charge in [-0.2, -0.15) is 0 Å². The number of hydrogen-bond donors (Lipinski definition) is 1. The molecule has 0 saturated heterocycles. The first-order valence-corrected chi connectivity index (χ1v) is 6.56. The predicted octanol–water partition coefficient (Wildman–Crippen LogP) is 2.57. The van der Waals surface area contributed by atoms with Crippen LogP contribution in [0.5, 0.6) is 0 Å². The molecule has 0 unspecified atom stereocenters. The molecule has 5 heteroatoms. The van der Waals surface area contributed by atoms with Crippen molar-refractivity contribution in [2.75, 3.05) is 6.54 Å². The van der Waals surface area contributed by atoms with Crippen molar-refractivity contribution in [3.05, 3.63) is 47.4 Å². The lowest BCUT2D eigenvalue weighted by molar-refractivity contribution is -0.137. The molecule has 1 aliphatic heterocycles. The lowest BCUT2D eigenvalue weighted by Crippen LogP contribution is -2.46. The average molecular weight is 274 g/mol. The van der Waals surface area contributed by atoms with Crippen LogP contribution in [0.3, 0.4) is 0 Å². The highest BCUT2D eigenvalue weighted by Gasteiger charge is 2.33. The summed E-state index contributed by atoms with van der Waals surface area (Å²) >= 11 is 0. The number of amides is 2. The SMILES string of the molecule is CCN1C(=O)N[C@@H](c2ccccc2)C(OC(C)=O)=C1C. The molecule has 2 rings (SSSR count). The van der Waals surface area contributed by atoms with Crippen LogP contribution in [0.2, 0.25) is 0 Å². The van der Waals surface area contributed by atoms with E-state index in [4.69, 9.17) is 4.74 Å². The van der Waals surface area contributed by atoms with Crippen LogP contribution >= 0.6 is 0 Å². The van der Waals surface area contributed by atoms with Gasteiger partial charge in [0.1, 0.15) is 6.04 Å². The maximum atomic E-state index is 12.1. The summed E-state index contributed by atoms with van der Waals surface area (Å²) in [6.45, 7) is 5.53. The van der Waals surface area contributed by atoms with Gasteiger partial charge in [-0.25, -0.2) is 4.79 Å². The first kappa shape index (κ1) is 14.1. The Hall–Kier alpha value is -2.30. The Balaban J connectivity index is 2.47. The third-order valence-electron chi connectivity index (χ3n) is 3.24. The van der Waals surface area contributed by atoms with Crippen molar-refractivity contribution in [1.29, 1.82) is 0 Å². The molecule has 0 aliphatic carbocycles. The second-order valence-electron chi connectivity index (χ2n) is 4.58. The summed E-state index contributed by atoms with van der Waals surface area (Å²) in [5.74, 6) is 0.0811. The van der Waals surface area contributed by atoms with E-state index in [2.05, 4.69) is 5.32 Å². The van der Waals surface area contributed by atoms with Crippen LogP contribution in [0, 0.1) is 0 Å². The lowest BCUT2D eigenvalue weighted by atomic mass is 10.0. The maximum absolute atomic E-state index is 12.1. The molecule has 0 bridgehead atoms. The molecule has 1 aromatic carbocycles. The van der Waals surface area contributed by atoms with Gasteiger partial charge >= 0.3 is 12.0 Å². The maximum Gasteiger partial charge on any atom is 0.322 e. The van der Waals surface area contributed by atoms with E-state index in [-0.39, 0.29) is 6.03 Å². The number of carbonyl (C=O) groups excluding carboxylic acids is 2. The molecule has 0 radical (unpaired) electrons. The van der Waals surface area contributed by atoms with Gasteiger partial charge in [0.2, 0.25) is 0 Å². The first-order chi connectivity index (χ1) is 9.54. The number of benzene rings is 1. The number of ether oxygens (including phenoxy) is 1. The van der Waals surface area contributed by atoms with Crippen LogP contribution in [-0.2, 0) is 9.53 Å². The fraction of sp³-hybridized carbons (Fsp3) is 0.333. The standard InChI is InChI=1S/C15H18N2O3/c1-4-17-10(2)14(20-11(3)18)13(16-15(17)19)12-8-6-5-7-9-12/h5-9,13H,4H2,1-3H3,(H,16,19)/t13-/m0/s1. The zero-order valence-electron chi connectivity index (χ0n) is 11.8. The molecule has 20 heavy (non-hydrogen) atoms. The third-order valence-corrected chi connectivity index (χ3v) is 3.24. The Morgan fingerprint density at radius 3 is 2.55 bits per heavy atom. The molecule has 1 aromatic rings. The Bertz CT molecular complexity index is 551. The second kappa shape index (κ2) is 5.77. The molecule has 0 fully saturated rings. The van der Waals surface area contributed by atoms with Crippen LogP contribution in [0.15, 0.2) is 41.8 Å². The van der Waals surface area contributed by atoms with Gasteiger partial charge < -0.3 is 10.1 Å². The smallest absolute Gasteiger partial charge is 0.322 e. The second-order valence-corrected chi connectivity index (χ2v) is 4.58. The van der Waals surface area contributed by atoms with Gasteiger partial charge in [0.25, 0.3) is 0 Å². The number of rotatable bonds is 3. The van der Waals surface area contributed by atoms with E-state index < -0.39 is 12.0 Å². The van der Waals surface area contributed by atoms with Gasteiger partial charge in [0, 0.05) is 13.5 Å². The molecular weight excluding hydrogens is 256 g/mol. The lowest BCUT2D eigenvalue weighted by Gasteiger charge is -2.34. The van der Waals surface area contributed by atoms with Gasteiger partial charge in [0.05, 0.1) is 5.70 Å². The van der Waals surface area contributed by atoms with Crippen LogP contribution in [0.25, 0.3) is 0 Å². The van der Waals surface area contributed by atoms with E-state index in [9.17, 15) is 9.59 Å². The number of esters is 1. The van der Waals surface area contributed by atoms with Crippen LogP contribution in [0.1, 0.15) is 32.4 Å². The molecule has 1 atom stereocenters. The number of allylic oxidation sites excluding steroid dienone is 1. The summed E-state index contributed by atoms with van der Waals surface area (Å²) in [5.41, 5.74) is 1.55. The highest BCUT2D eigenvalue weighted by atomic mass is 16.5. The topological polar surface area (TPSA) is 58.6 Å². The zero-order chi connectivity index (χ0) is 14.7. The van der Waals surface area contributed by atoms with Crippen molar-refractivity contribution in [2.45, 2.75) is 26.8 Å². The number of nitrogens with one attached hydrogen (secondary N) is 1. The molecular formula is C15H18N2O3. The van der Waals surface area contributed by atoms with Gasteiger partial charge in [-0.15, -0.1) is 0 Å². The van der Waals surface area contributed by atoms with E-state index in [0.717, 1.165) is 5.56 Å². The fourth-order valence-corrected chi connectivity index (χ4v) is 2.31. The van der Waals surface area contributed by atoms with Crippen LogP contribution in [-0.4, -0.2) is 23.4 Å². The summed E-state index contributed by atoms with van der Waals surface area (Å²) in [4.78, 5) is 25.0. The van der Waals surface area contributed by atoms with Crippen molar-refractivity contribution in [3.8, 4) is 0 Å². The monoisotopic (exact) mass is 274 g/mol. The van der Waals surface area contributed by atoms with E-state index in [1.165, 1.54) is 6.92 Å².